The average Bonchev–Trinajstić information content (AvgIpc) is 3.34. The fourth-order valence-corrected chi connectivity index (χ4v) is 7.71. The Morgan fingerprint density at radius 1 is 0.294 bits per heavy atom. The van der Waals surface area contributed by atoms with E-state index in [0.717, 1.165) is 0 Å². The lowest BCUT2D eigenvalue weighted by molar-refractivity contribution is 0.841. The molecule has 0 amide bonds. The molecule has 0 saturated carbocycles. The van der Waals surface area contributed by atoms with Crippen LogP contribution in [0.2, 0.25) is 0 Å². The van der Waals surface area contributed by atoms with Crippen LogP contribution in [0.4, 0.5) is 0 Å². The van der Waals surface area contributed by atoms with E-state index in [9.17, 15) is 0 Å². The van der Waals surface area contributed by atoms with Crippen molar-refractivity contribution < 1.29 is 0 Å². The molecule has 7 aromatic rings. The van der Waals surface area contributed by atoms with Crippen LogP contribution in [-0.4, -0.2) is 0 Å². The first kappa shape index (κ1) is 32.0. The average molecular weight is 653 g/mol. The Hall–Kier alpha value is -6.24. The van der Waals surface area contributed by atoms with Gasteiger partial charge in [0.05, 0.1) is 5.41 Å². The van der Waals surface area contributed by atoms with Crippen molar-refractivity contribution in [1.29, 1.82) is 0 Å². The van der Waals surface area contributed by atoms with E-state index in [-0.39, 0.29) is 0 Å². The Kier molecular flexibility index (Phi) is 8.74. The second-order valence-corrected chi connectivity index (χ2v) is 13.4. The third kappa shape index (κ3) is 6.00. The molecule has 0 spiro atoms. The van der Waals surface area contributed by atoms with Crippen molar-refractivity contribution in [2.75, 3.05) is 0 Å². The highest BCUT2D eigenvalue weighted by Crippen LogP contribution is 2.58. The molecule has 0 nitrogen and oxygen atoms in total. The molecule has 0 N–H and O–H groups in total. The van der Waals surface area contributed by atoms with Crippen LogP contribution in [0.15, 0.2) is 206 Å². The molecule has 1 aliphatic carbocycles. The van der Waals surface area contributed by atoms with E-state index < -0.39 is 5.41 Å². The van der Waals surface area contributed by atoms with Gasteiger partial charge in [-0.3, -0.25) is 0 Å². The molecular weight excluding hydrogens is 613 g/mol. The molecule has 0 fully saturated rings. The SMILES string of the molecule is Cc1ccc(C2(c3ccc(C)cc3)C=C(c3ccccc3)C(c3ccccc3)=C(c3ccccc3)C(c3ccccc3)=C2c2ccccc2)cc1. The van der Waals surface area contributed by atoms with Crippen LogP contribution in [0.25, 0.3) is 27.9 Å². The zero-order valence-electron chi connectivity index (χ0n) is 29.1. The summed E-state index contributed by atoms with van der Waals surface area (Å²) < 4.78 is 0. The summed E-state index contributed by atoms with van der Waals surface area (Å²) in [7, 11) is 0. The lowest BCUT2D eigenvalue weighted by atomic mass is 9.64. The smallest absolute Gasteiger partial charge is 0.0622 e. The van der Waals surface area contributed by atoms with Gasteiger partial charge in [0.15, 0.2) is 0 Å². The van der Waals surface area contributed by atoms with E-state index in [1.807, 2.05) is 0 Å². The highest BCUT2D eigenvalue weighted by atomic mass is 14.4. The first-order valence-corrected chi connectivity index (χ1v) is 17.8. The molecule has 0 unspecified atom stereocenters. The summed E-state index contributed by atoms with van der Waals surface area (Å²) in [5, 5.41) is 0. The fraction of sp³-hybridized carbons (Fsp3) is 0.0588. The molecule has 1 aliphatic rings. The van der Waals surface area contributed by atoms with Crippen LogP contribution < -0.4 is 0 Å². The summed E-state index contributed by atoms with van der Waals surface area (Å²) in [5.74, 6) is 0. The molecule has 0 aliphatic heterocycles. The van der Waals surface area contributed by atoms with Gasteiger partial charge >= 0.3 is 0 Å². The minimum Gasteiger partial charge on any atom is -0.0622 e. The van der Waals surface area contributed by atoms with Crippen molar-refractivity contribution >= 4 is 27.9 Å². The molecule has 0 heterocycles. The second-order valence-electron chi connectivity index (χ2n) is 13.4. The Bertz CT molecular complexity index is 2300. The van der Waals surface area contributed by atoms with Crippen molar-refractivity contribution in [1.82, 2.24) is 0 Å². The van der Waals surface area contributed by atoms with Gasteiger partial charge in [-0.15, -0.1) is 0 Å². The predicted molar refractivity (Wildman–Crippen MR) is 217 cm³/mol. The number of benzene rings is 7. The van der Waals surface area contributed by atoms with Crippen LogP contribution in [0.1, 0.15) is 50.1 Å². The zero-order chi connectivity index (χ0) is 34.6. The first-order valence-electron chi connectivity index (χ1n) is 17.8. The summed E-state index contributed by atoms with van der Waals surface area (Å²) in [4.78, 5) is 0. The van der Waals surface area contributed by atoms with Gasteiger partial charge < -0.3 is 0 Å². The quantitative estimate of drug-likeness (QED) is 0.161. The van der Waals surface area contributed by atoms with Crippen molar-refractivity contribution in [3.05, 3.63) is 256 Å². The van der Waals surface area contributed by atoms with E-state index in [4.69, 9.17) is 0 Å². The van der Waals surface area contributed by atoms with Crippen molar-refractivity contribution in [2.24, 2.45) is 0 Å². The second kappa shape index (κ2) is 13.9. The zero-order valence-corrected chi connectivity index (χ0v) is 29.1. The molecule has 51 heavy (non-hydrogen) atoms. The van der Waals surface area contributed by atoms with Gasteiger partial charge in [-0.1, -0.05) is 217 Å². The summed E-state index contributed by atoms with van der Waals surface area (Å²) in [6, 6.07) is 73.5. The molecule has 7 aromatic carbocycles. The van der Waals surface area contributed by atoms with Gasteiger partial charge in [-0.05, 0) is 80.7 Å². The van der Waals surface area contributed by atoms with E-state index in [1.54, 1.807) is 0 Å². The van der Waals surface area contributed by atoms with E-state index >= 15 is 0 Å². The minimum absolute atomic E-state index is 0.699. The topological polar surface area (TPSA) is 0 Å². The van der Waals surface area contributed by atoms with E-state index in [2.05, 4.69) is 220 Å². The number of aryl methyl sites for hydroxylation is 2. The van der Waals surface area contributed by atoms with Gasteiger partial charge in [0.1, 0.15) is 0 Å². The van der Waals surface area contributed by atoms with Gasteiger partial charge in [-0.25, -0.2) is 0 Å². The lowest BCUT2D eigenvalue weighted by Gasteiger charge is -2.38. The number of rotatable bonds is 7. The first-order chi connectivity index (χ1) is 25.1. The maximum atomic E-state index is 2.58. The highest BCUT2D eigenvalue weighted by molar-refractivity contribution is 6.32. The lowest BCUT2D eigenvalue weighted by Crippen LogP contribution is -2.28. The van der Waals surface area contributed by atoms with Crippen LogP contribution in [0, 0.1) is 13.8 Å². The molecule has 0 saturated heterocycles. The molecule has 0 atom stereocenters. The third-order valence-electron chi connectivity index (χ3n) is 10.1. The molecular formula is C51H40. The Labute approximate surface area is 302 Å². The number of allylic oxidation sites excluding steroid dienone is 6. The van der Waals surface area contributed by atoms with Crippen LogP contribution in [0.5, 0.6) is 0 Å². The Balaban J connectivity index is 1.71. The third-order valence-corrected chi connectivity index (χ3v) is 10.1. The van der Waals surface area contributed by atoms with Crippen LogP contribution >= 0.6 is 0 Å². The predicted octanol–water partition coefficient (Wildman–Crippen LogP) is 12.9. The van der Waals surface area contributed by atoms with Gasteiger partial charge in [0, 0.05) is 0 Å². The van der Waals surface area contributed by atoms with Crippen molar-refractivity contribution in [3.63, 3.8) is 0 Å². The summed E-state index contributed by atoms with van der Waals surface area (Å²) in [5.41, 5.74) is 16.2. The van der Waals surface area contributed by atoms with Crippen molar-refractivity contribution in [2.45, 2.75) is 19.3 Å². The number of hydrogen-bond acceptors (Lipinski definition) is 0. The maximum Gasteiger partial charge on any atom is 0.0653 e. The van der Waals surface area contributed by atoms with E-state index in [0.29, 0.717) is 0 Å². The van der Waals surface area contributed by atoms with Gasteiger partial charge in [0.2, 0.25) is 0 Å². The van der Waals surface area contributed by atoms with E-state index in [1.165, 1.54) is 77.9 Å². The number of hydrogen-bond donors (Lipinski definition) is 0. The molecule has 0 bridgehead atoms. The molecule has 244 valence electrons. The molecule has 0 heteroatoms. The van der Waals surface area contributed by atoms with Crippen molar-refractivity contribution in [3.8, 4) is 0 Å². The van der Waals surface area contributed by atoms with Gasteiger partial charge in [-0.2, -0.15) is 0 Å². The summed E-state index contributed by atoms with van der Waals surface area (Å²) in [6.45, 7) is 4.35. The monoisotopic (exact) mass is 652 g/mol. The minimum atomic E-state index is -0.699. The van der Waals surface area contributed by atoms with Gasteiger partial charge in [0.25, 0.3) is 0 Å². The highest BCUT2D eigenvalue weighted by Gasteiger charge is 2.43. The van der Waals surface area contributed by atoms with Crippen LogP contribution in [-0.2, 0) is 5.41 Å². The molecule has 8 rings (SSSR count). The summed E-state index contributed by atoms with van der Waals surface area (Å²) >= 11 is 0. The molecule has 0 aromatic heterocycles. The largest absolute Gasteiger partial charge is 0.0653 e. The standard InChI is InChI=1S/C51H40/c1-37-28-32-44(33-29-37)51(45-34-30-38(2)31-35-45)36-46(39-18-8-3-9-19-39)47(40-20-10-4-11-21-40)48(41-22-12-5-13-23-41)49(42-24-14-6-15-25-42)50(51)43-26-16-7-17-27-43/h3-36H,1-2H3. The Morgan fingerprint density at radius 3 is 1.04 bits per heavy atom. The summed E-state index contributed by atoms with van der Waals surface area (Å²) in [6.07, 6.45) is 2.58. The fourth-order valence-electron chi connectivity index (χ4n) is 7.71. The maximum absolute atomic E-state index is 2.58. The van der Waals surface area contributed by atoms with Crippen LogP contribution in [0.3, 0.4) is 0 Å². The molecule has 0 radical (unpaired) electrons. The normalized spacial score (nSPS) is 14.2. The Morgan fingerprint density at radius 2 is 0.627 bits per heavy atom.